The van der Waals surface area contributed by atoms with Gasteiger partial charge in [0.05, 0.1) is 12.8 Å². The van der Waals surface area contributed by atoms with E-state index in [1.807, 2.05) is 11.8 Å². The largest absolute Gasteiger partial charge is 0.464 e. The second-order valence-corrected chi connectivity index (χ2v) is 4.83. The van der Waals surface area contributed by atoms with Gasteiger partial charge in [-0.2, -0.15) is 0 Å². The van der Waals surface area contributed by atoms with Gasteiger partial charge in [-0.05, 0) is 25.7 Å². The lowest BCUT2D eigenvalue weighted by Gasteiger charge is -2.26. The second kappa shape index (κ2) is 6.49. The quantitative estimate of drug-likeness (QED) is 0.756. The first-order chi connectivity index (χ1) is 9.67. The molecule has 1 aliphatic heterocycles. The Morgan fingerprint density at radius 3 is 2.55 bits per heavy atom. The smallest absolute Gasteiger partial charge is 0.360 e. The van der Waals surface area contributed by atoms with Crippen LogP contribution >= 0.6 is 0 Å². The number of aromatic nitrogens is 3. The Labute approximate surface area is 117 Å². The molecule has 1 amide bonds. The molecule has 7 heteroatoms. The number of rotatable bonds is 4. The summed E-state index contributed by atoms with van der Waals surface area (Å²) in [6, 6.07) is 0. The molecule has 0 spiro atoms. The summed E-state index contributed by atoms with van der Waals surface area (Å²) < 4.78 is 6.17. The molecule has 7 nitrogen and oxygen atoms in total. The van der Waals surface area contributed by atoms with Crippen molar-refractivity contribution in [3.63, 3.8) is 0 Å². The van der Waals surface area contributed by atoms with E-state index in [0.29, 0.717) is 12.1 Å². The molecule has 110 valence electrons. The van der Waals surface area contributed by atoms with Gasteiger partial charge in [0.15, 0.2) is 5.69 Å². The number of amides is 1. The van der Waals surface area contributed by atoms with Crippen LogP contribution in [0, 0.1) is 0 Å². The maximum Gasteiger partial charge on any atom is 0.360 e. The van der Waals surface area contributed by atoms with Crippen molar-refractivity contribution in [3.05, 3.63) is 11.4 Å². The minimum Gasteiger partial charge on any atom is -0.464 e. The number of esters is 1. The number of carbonyl (C=O) groups excluding carboxylic acids is 2. The highest BCUT2D eigenvalue weighted by atomic mass is 16.5. The molecule has 2 heterocycles. The first-order valence-corrected chi connectivity index (χ1v) is 6.95. The van der Waals surface area contributed by atoms with Crippen LogP contribution in [-0.2, 0) is 22.5 Å². The first kappa shape index (κ1) is 14.5. The summed E-state index contributed by atoms with van der Waals surface area (Å²) in [7, 11) is 1.31. The summed E-state index contributed by atoms with van der Waals surface area (Å²) in [6.07, 6.45) is 3.86. The fourth-order valence-corrected chi connectivity index (χ4v) is 2.44. The van der Waals surface area contributed by atoms with Gasteiger partial charge < -0.3 is 9.64 Å². The molecule has 0 aliphatic carbocycles. The van der Waals surface area contributed by atoms with Crippen molar-refractivity contribution >= 4 is 11.9 Å². The Hall–Kier alpha value is -1.92. The minimum absolute atomic E-state index is 0.0284. The van der Waals surface area contributed by atoms with Crippen LogP contribution in [0.15, 0.2) is 0 Å². The normalized spacial score (nSPS) is 15.2. The first-order valence-electron chi connectivity index (χ1n) is 6.95. The third kappa shape index (κ3) is 2.97. The molecule has 1 aromatic heterocycles. The summed E-state index contributed by atoms with van der Waals surface area (Å²) in [4.78, 5) is 25.6. The molecule has 0 aromatic carbocycles. The predicted molar refractivity (Wildman–Crippen MR) is 71.2 cm³/mol. The molecule has 1 aliphatic rings. The molecular weight excluding hydrogens is 260 g/mol. The van der Waals surface area contributed by atoms with Crippen molar-refractivity contribution < 1.29 is 14.3 Å². The molecule has 0 bridgehead atoms. The molecule has 0 N–H and O–H groups in total. The van der Waals surface area contributed by atoms with Crippen LogP contribution in [0.3, 0.4) is 0 Å². The van der Waals surface area contributed by atoms with E-state index in [0.717, 1.165) is 25.9 Å². The lowest BCUT2D eigenvalue weighted by Crippen LogP contribution is -2.38. The van der Waals surface area contributed by atoms with Crippen LogP contribution in [0.5, 0.6) is 0 Å². The van der Waals surface area contributed by atoms with Crippen molar-refractivity contribution in [3.8, 4) is 0 Å². The fourth-order valence-electron chi connectivity index (χ4n) is 2.44. The van der Waals surface area contributed by atoms with E-state index in [-0.39, 0.29) is 18.1 Å². The van der Waals surface area contributed by atoms with Gasteiger partial charge in [0.1, 0.15) is 6.54 Å². The van der Waals surface area contributed by atoms with Crippen molar-refractivity contribution in [2.24, 2.45) is 0 Å². The van der Waals surface area contributed by atoms with Crippen LogP contribution < -0.4 is 0 Å². The van der Waals surface area contributed by atoms with E-state index in [1.54, 1.807) is 0 Å². The van der Waals surface area contributed by atoms with Crippen LogP contribution in [0.2, 0.25) is 0 Å². The summed E-state index contributed by atoms with van der Waals surface area (Å²) in [5.41, 5.74) is 0.837. The predicted octanol–water partition coefficient (Wildman–Crippen LogP) is 0.640. The Morgan fingerprint density at radius 1 is 1.25 bits per heavy atom. The Bertz CT molecular complexity index is 492. The van der Waals surface area contributed by atoms with Gasteiger partial charge in [0.2, 0.25) is 5.91 Å². The number of hydrogen-bond donors (Lipinski definition) is 0. The number of methoxy groups -OCH3 is 1. The number of carbonyl (C=O) groups is 2. The van der Waals surface area contributed by atoms with Gasteiger partial charge in [0, 0.05) is 13.1 Å². The van der Waals surface area contributed by atoms with Crippen LogP contribution in [-0.4, -0.2) is 52.0 Å². The lowest BCUT2D eigenvalue weighted by molar-refractivity contribution is -0.133. The van der Waals surface area contributed by atoms with Gasteiger partial charge >= 0.3 is 5.97 Å². The Balaban J connectivity index is 2.10. The molecule has 0 atom stereocenters. The number of likely N-dealkylation sites (tertiary alicyclic amines) is 1. The summed E-state index contributed by atoms with van der Waals surface area (Å²) in [6.45, 7) is 3.64. The SMILES string of the molecule is CCc1c(C(=O)OC)nnn1CC(=O)N1CCCCC1. The Morgan fingerprint density at radius 2 is 1.95 bits per heavy atom. The van der Waals surface area contributed by atoms with Crippen molar-refractivity contribution in [2.75, 3.05) is 20.2 Å². The third-order valence-corrected chi connectivity index (χ3v) is 3.55. The van der Waals surface area contributed by atoms with Gasteiger partial charge in [-0.25, -0.2) is 9.48 Å². The summed E-state index contributed by atoms with van der Waals surface area (Å²) >= 11 is 0. The maximum absolute atomic E-state index is 12.2. The molecule has 20 heavy (non-hydrogen) atoms. The van der Waals surface area contributed by atoms with Crippen molar-refractivity contribution in [1.29, 1.82) is 0 Å². The molecule has 1 aromatic rings. The number of ether oxygens (including phenoxy) is 1. The van der Waals surface area contributed by atoms with E-state index in [9.17, 15) is 9.59 Å². The molecule has 1 fully saturated rings. The molecule has 0 radical (unpaired) electrons. The Kier molecular flexibility index (Phi) is 4.70. The van der Waals surface area contributed by atoms with Crippen LogP contribution in [0.4, 0.5) is 0 Å². The van der Waals surface area contributed by atoms with Crippen molar-refractivity contribution in [2.45, 2.75) is 39.2 Å². The topological polar surface area (TPSA) is 77.3 Å². The number of nitrogens with zero attached hydrogens (tertiary/aromatic N) is 4. The zero-order valence-corrected chi connectivity index (χ0v) is 12.0. The lowest BCUT2D eigenvalue weighted by atomic mass is 10.1. The molecule has 0 unspecified atom stereocenters. The summed E-state index contributed by atoms with van der Waals surface area (Å²) in [5, 5.41) is 7.73. The van der Waals surface area contributed by atoms with Gasteiger partial charge in [-0.1, -0.05) is 12.1 Å². The highest BCUT2D eigenvalue weighted by molar-refractivity contribution is 5.88. The summed E-state index contributed by atoms with van der Waals surface area (Å²) in [5.74, 6) is -0.487. The number of hydrogen-bond acceptors (Lipinski definition) is 5. The van der Waals surface area contributed by atoms with E-state index in [1.165, 1.54) is 18.2 Å². The highest BCUT2D eigenvalue weighted by Gasteiger charge is 2.22. The second-order valence-electron chi connectivity index (χ2n) is 4.83. The third-order valence-electron chi connectivity index (χ3n) is 3.55. The van der Waals surface area contributed by atoms with Crippen LogP contribution in [0.25, 0.3) is 0 Å². The van der Waals surface area contributed by atoms with Gasteiger partial charge in [-0.15, -0.1) is 5.10 Å². The minimum atomic E-state index is -0.515. The zero-order chi connectivity index (χ0) is 14.5. The van der Waals surface area contributed by atoms with Crippen LogP contribution in [0.1, 0.15) is 42.4 Å². The van der Waals surface area contributed by atoms with E-state index >= 15 is 0 Å². The molecule has 0 saturated carbocycles. The molecular formula is C13H20N4O3. The number of piperidine rings is 1. The average Bonchev–Trinajstić information content (AvgIpc) is 2.89. The maximum atomic E-state index is 12.2. The fraction of sp³-hybridized carbons (Fsp3) is 0.692. The van der Waals surface area contributed by atoms with E-state index < -0.39 is 5.97 Å². The van der Waals surface area contributed by atoms with E-state index in [2.05, 4.69) is 15.0 Å². The average molecular weight is 280 g/mol. The molecule has 1 saturated heterocycles. The zero-order valence-electron chi connectivity index (χ0n) is 12.0. The highest BCUT2D eigenvalue weighted by Crippen LogP contribution is 2.12. The van der Waals surface area contributed by atoms with Crippen molar-refractivity contribution in [1.82, 2.24) is 19.9 Å². The van der Waals surface area contributed by atoms with Gasteiger partial charge in [-0.3, -0.25) is 4.79 Å². The standard InChI is InChI=1S/C13H20N4O3/c1-3-10-12(13(19)20-2)14-15-17(10)9-11(18)16-7-5-4-6-8-16/h3-9H2,1-2H3. The van der Waals surface area contributed by atoms with Gasteiger partial charge in [0.25, 0.3) is 0 Å². The monoisotopic (exact) mass is 280 g/mol. The molecule has 2 rings (SSSR count). The van der Waals surface area contributed by atoms with E-state index in [4.69, 9.17) is 0 Å².